The Bertz CT molecular complexity index is 1040. The Kier molecular flexibility index (Phi) is 5.96. The number of alkyl halides is 3. The lowest BCUT2D eigenvalue weighted by molar-refractivity contribution is -0.138. The van der Waals surface area contributed by atoms with Gasteiger partial charge in [-0.15, -0.1) is 0 Å². The van der Waals surface area contributed by atoms with Crippen molar-refractivity contribution in [3.05, 3.63) is 58.9 Å². The quantitative estimate of drug-likeness (QED) is 0.515. The lowest BCUT2D eigenvalue weighted by Gasteiger charge is -2.17. The molecule has 0 aliphatic carbocycles. The van der Waals surface area contributed by atoms with E-state index in [0.29, 0.717) is 24.8 Å². The number of carbonyl (C=O) groups is 1. The third kappa shape index (κ3) is 4.44. The zero-order chi connectivity index (χ0) is 21.2. The van der Waals surface area contributed by atoms with Crippen molar-refractivity contribution in [2.45, 2.75) is 52.1 Å². The first-order valence-electron chi connectivity index (χ1n) is 9.62. The summed E-state index contributed by atoms with van der Waals surface area (Å²) in [7, 11) is 0. The van der Waals surface area contributed by atoms with Gasteiger partial charge in [-0.1, -0.05) is 19.1 Å². The van der Waals surface area contributed by atoms with Crippen LogP contribution in [0.2, 0.25) is 0 Å². The molecule has 0 spiro atoms. The number of rotatable bonds is 7. The van der Waals surface area contributed by atoms with E-state index in [-0.39, 0.29) is 6.42 Å². The Balaban J connectivity index is 2.15. The molecule has 4 nitrogen and oxygen atoms in total. The van der Waals surface area contributed by atoms with Crippen LogP contribution < -0.4 is 0 Å². The van der Waals surface area contributed by atoms with Gasteiger partial charge in [-0.2, -0.15) is 18.3 Å². The van der Waals surface area contributed by atoms with Crippen molar-refractivity contribution >= 4 is 11.5 Å². The van der Waals surface area contributed by atoms with Crippen LogP contribution in [0.1, 0.15) is 48.7 Å². The van der Waals surface area contributed by atoms with E-state index in [9.17, 15) is 18.0 Å². The van der Waals surface area contributed by atoms with Gasteiger partial charge in [-0.05, 0) is 68.0 Å². The molecular formula is C22H23F3N2O2. The van der Waals surface area contributed by atoms with E-state index < -0.39 is 17.7 Å². The highest BCUT2D eigenvalue weighted by molar-refractivity contribution is 5.84. The number of benzene rings is 1. The van der Waals surface area contributed by atoms with Crippen molar-refractivity contribution in [3.8, 4) is 11.1 Å². The van der Waals surface area contributed by atoms with Crippen molar-refractivity contribution < 1.29 is 23.1 Å². The zero-order valence-corrected chi connectivity index (χ0v) is 16.4. The van der Waals surface area contributed by atoms with Crippen LogP contribution in [0.4, 0.5) is 13.2 Å². The summed E-state index contributed by atoms with van der Waals surface area (Å²) >= 11 is 0. The van der Waals surface area contributed by atoms with Gasteiger partial charge in [0.1, 0.15) is 0 Å². The third-order valence-corrected chi connectivity index (χ3v) is 5.09. The first-order chi connectivity index (χ1) is 13.7. The first kappa shape index (κ1) is 20.9. The normalized spacial score (nSPS) is 11.9. The Hall–Kier alpha value is -2.83. The molecule has 0 saturated heterocycles. The second-order valence-electron chi connectivity index (χ2n) is 7.09. The number of unbranched alkanes of at least 4 members (excludes halogenated alkanes) is 1. The molecule has 2 heterocycles. The van der Waals surface area contributed by atoms with Crippen molar-refractivity contribution in [2.75, 3.05) is 0 Å². The fourth-order valence-electron chi connectivity index (χ4n) is 3.65. The molecule has 0 aliphatic rings. The van der Waals surface area contributed by atoms with Crippen LogP contribution in [0, 0.1) is 6.92 Å². The predicted octanol–water partition coefficient (Wildman–Crippen LogP) is 5.69. The second-order valence-corrected chi connectivity index (χ2v) is 7.09. The monoisotopic (exact) mass is 404 g/mol. The molecule has 0 fully saturated rings. The predicted molar refractivity (Wildman–Crippen MR) is 105 cm³/mol. The highest BCUT2D eigenvalue weighted by Crippen LogP contribution is 2.36. The molecule has 0 bridgehead atoms. The minimum Gasteiger partial charge on any atom is -0.481 e. The smallest absolute Gasteiger partial charge is 0.416 e. The number of hydrogen-bond donors (Lipinski definition) is 1. The van der Waals surface area contributed by atoms with E-state index in [1.54, 1.807) is 10.6 Å². The first-order valence-corrected chi connectivity index (χ1v) is 9.62. The van der Waals surface area contributed by atoms with Gasteiger partial charge in [0.25, 0.3) is 0 Å². The zero-order valence-electron chi connectivity index (χ0n) is 16.4. The highest BCUT2D eigenvalue weighted by Gasteiger charge is 2.31. The Labute approximate surface area is 167 Å². The van der Waals surface area contributed by atoms with Gasteiger partial charge >= 0.3 is 12.1 Å². The van der Waals surface area contributed by atoms with Gasteiger partial charge in [-0.25, -0.2) is 4.52 Å². The van der Waals surface area contributed by atoms with Crippen LogP contribution in [0.3, 0.4) is 0 Å². The largest absolute Gasteiger partial charge is 0.481 e. The summed E-state index contributed by atoms with van der Waals surface area (Å²) < 4.78 is 41.7. The fourth-order valence-corrected chi connectivity index (χ4v) is 3.65. The van der Waals surface area contributed by atoms with Crippen molar-refractivity contribution in [3.63, 3.8) is 0 Å². The highest BCUT2D eigenvalue weighted by atomic mass is 19.4. The molecule has 3 rings (SSSR count). The number of fused-ring (bicyclic) bond motifs is 1. The van der Waals surface area contributed by atoms with Gasteiger partial charge in [-0.3, -0.25) is 4.79 Å². The van der Waals surface area contributed by atoms with Gasteiger partial charge in [0.05, 0.1) is 16.8 Å². The third-order valence-electron chi connectivity index (χ3n) is 5.09. The van der Waals surface area contributed by atoms with Crippen LogP contribution >= 0.6 is 0 Å². The number of nitrogens with zero attached hydrogens (tertiary/aromatic N) is 2. The number of carboxylic acid groups (broad SMARTS) is 1. The molecule has 1 N–H and O–H groups in total. The molecule has 0 unspecified atom stereocenters. The SMILES string of the molecule is CCc1ccc2c(-c3cccc(C(F)(F)F)c3)c(CCCCC(=O)O)c(C)nn12. The van der Waals surface area contributed by atoms with E-state index in [0.717, 1.165) is 40.5 Å². The fraction of sp³-hybridized carbons (Fsp3) is 0.364. The standard InChI is InChI=1S/C22H23F3N2O2/c1-3-17-11-12-19-21(15-7-6-8-16(13-15)22(23,24)25)18(14(2)26-27(17)19)9-4-5-10-20(28)29/h6-8,11-13H,3-5,9-10H2,1-2H3,(H,28,29). The van der Waals surface area contributed by atoms with Crippen LogP contribution in [0.25, 0.3) is 16.6 Å². The molecule has 2 aromatic heterocycles. The van der Waals surface area contributed by atoms with E-state index >= 15 is 0 Å². The minimum absolute atomic E-state index is 0.0682. The Morgan fingerprint density at radius 3 is 2.59 bits per heavy atom. The van der Waals surface area contributed by atoms with Crippen LogP contribution in [0.15, 0.2) is 36.4 Å². The lowest BCUT2D eigenvalue weighted by Crippen LogP contribution is -2.08. The van der Waals surface area contributed by atoms with Gasteiger partial charge in [0.2, 0.25) is 0 Å². The number of hydrogen-bond acceptors (Lipinski definition) is 2. The Morgan fingerprint density at radius 1 is 1.17 bits per heavy atom. The maximum Gasteiger partial charge on any atom is 0.416 e. The molecule has 29 heavy (non-hydrogen) atoms. The number of halogens is 3. The van der Waals surface area contributed by atoms with Crippen LogP contribution in [0.5, 0.6) is 0 Å². The van der Waals surface area contributed by atoms with E-state index in [2.05, 4.69) is 5.10 Å². The molecule has 0 saturated carbocycles. The van der Waals surface area contributed by atoms with Gasteiger partial charge < -0.3 is 5.11 Å². The molecule has 0 amide bonds. The van der Waals surface area contributed by atoms with Crippen molar-refractivity contribution in [1.82, 2.24) is 9.61 Å². The number of aryl methyl sites for hydroxylation is 2. The van der Waals surface area contributed by atoms with Gasteiger partial charge in [0.15, 0.2) is 0 Å². The molecule has 7 heteroatoms. The summed E-state index contributed by atoms with van der Waals surface area (Å²) in [4.78, 5) is 10.8. The van der Waals surface area contributed by atoms with E-state index in [4.69, 9.17) is 5.11 Å². The topological polar surface area (TPSA) is 54.6 Å². The molecular weight excluding hydrogens is 381 g/mol. The van der Waals surface area contributed by atoms with Crippen LogP contribution in [-0.4, -0.2) is 20.7 Å². The lowest BCUT2D eigenvalue weighted by atomic mass is 9.93. The Morgan fingerprint density at radius 2 is 1.93 bits per heavy atom. The summed E-state index contributed by atoms with van der Waals surface area (Å²) in [6.07, 6.45) is -1.92. The maximum atomic E-state index is 13.3. The average molecular weight is 404 g/mol. The summed E-state index contributed by atoms with van der Waals surface area (Å²) in [5, 5.41) is 13.5. The molecule has 0 radical (unpaired) electrons. The molecule has 154 valence electrons. The summed E-state index contributed by atoms with van der Waals surface area (Å²) in [6.45, 7) is 3.85. The summed E-state index contributed by atoms with van der Waals surface area (Å²) in [5.74, 6) is -0.854. The molecule has 0 aliphatic heterocycles. The average Bonchev–Trinajstić information content (AvgIpc) is 3.06. The molecule has 1 aromatic carbocycles. The van der Waals surface area contributed by atoms with Crippen molar-refractivity contribution in [1.29, 1.82) is 0 Å². The summed E-state index contributed by atoms with van der Waals surface area (Å²) in [6, 6.07) is 9.17. The van der Waals surface area contributed by atoms with Gasteiger partial charge in [0, 0.05) is 17.7 Å². The maximum absolute atomic E-state index is 13.3. The molecule has 0 atom stereocenters. The number of aliphatic carboxylic acids is 1. The minimum atomic E-state index is -4.42. The molecule has 3 aromatic rings. The van der Waals surface area contributed by atoms with E-state index in [1.165, 1.54) is 12.1 Å². The van der Waals surface area contributed by atoms with Crippen molar-refractivity contribution in [2.24, 2.45) is 0 Å². The summed E-state index contributed by atoms with van der Waals surface area (Å²) in [5.41, 5.74) is 3.88. The van der Waals surface area contributed by atoms with Crippen LogP contribution in [-0.2, 0) is 23.8 Å². The number of aromatic nitrogens is 2. The second kappa shape index (κ2) is 8.27. The van der Waals surface area contributed by atoms with E-state index in [1.807, 2.05) is 26.0 Å². The number of carboxylic acids is 1.